The quantitative estimate of drug-likeness (QED) is 0.847. The van der Waals surface area contributed by atoms with E-state index in [-0.39, 0.29) is 17.5 Å². The molecule has 1 fully saturated rings. The predicted molar refractivity (Wildman–Crippen MR) is 70.7 cm³/mol. The maximum atomic E-state index is 12.6. The van der Waals surface area contributed by atoms with Crippen LogP contribution in [0.3, 0.4) is 0 Å². The van der Waals surface area contributed by atoms with Gasteiger partial charge >= 0.3 is 6.18 Å². The van der Waals surface area contributed by atoms with Crippen LogP contribution in [0.1, 0.15) is 36.9 Å². The summed E-state index contributed by atoms with van der Waals surface area (Å²) >= 11 is 0. The van der Waals surface area contributed by atoms with Crippen molar-refractivity contribution < 1.29 is 17.9 Å². The van der Waals surface area contributed by atoms with E-state index in [1.807, 2.05) is 6.07 Å². The number of alkyl halides is 3. The molecule has 0 radical (unpaired) electrons. The maximum Gasteiger partial charge on any atom is 0.433 e. The van der Waals surface area contributed by atoms with Crippen molar-refractivity contribution in [2.45, 2.75) is 38.0 Å². The lowest BCUT2D eigenvalue weighted by Gasteiger charge is -2.13. The Balaban J connectivity index is 1.92. The molecule has 1 aliphatic carbocycles. The van der Waals surface area contributed by atoms with Crippen molar-refractivity contribution in [3.8, 4) is 6.07 Å². The molecule has 0 saturated heterocycles. The van der Waals surface area contributed by atoms with E-state index in [0.717, 1.165) is 37.8 Å². The summed E-state index contributed by atoms with van der Waals surface area (Å²) in [6, 6.07) is 3.75. The number of nitriles is 1. The molecule has 1 aliphatic rings. The highest BCUT2D eigenvalue weighted by Crippen LogP contribution is 2.29. The fraction of sp³-hybridized carbons (Fsp3) is 0.571. The Morgan fingerprint density at radius 1 is 1.33 bits per heavy atom. The molecule has 0 atom stereocenters. The molecule has 1 N–H and O–H groups in total. The zero-order valence-electron chi connectivity index (χ0n) is 11.4. The molecule has 1 aromatic heterocycles. The van der Waals surface area contributed by atoms with Gasteiger partial charge in [0.2, 0.25) is 0 Å². The Morgan fingerprint density at radius 3 is 2.67 bits per heavy atom. The summed E-state index contributed by atoms with van der Waals surface area (Å²) in [5.41, 5.74) is -0.926. The van der Waals surface area contributed by atoms with Crippen molar-refractivity contribution in [1.29, 1.82) is 5.26 Å². The van der Waals surface area contributed by atoms with Gasteiger partial charge in [-0.15, -0.1) is 0 Å². The van der Waals surface area contributed by atoms with Crippen molar-refractivity contribution in [2.24, 2.45) is 0 Å². The summed E-state index contributed by atoms with van der Waals surface area (Å²) in [4.78, 5) is 3.47. The van der Waals surface area contributed by atoms with Crippen molar-refractivity contribution in [1.82, 2.24) is 4.98 Å². The molecule has 0 aliphatic heterocycles. The molecule has 1 heterocycles. The normalized spacial score (nSPS) is 15.9. The third kappa shape index (κ3) is 4.33. The summed E-state index contributed by atoms with van der Waals surface area (Å²) in [5, 5.41) is 11.6. The molecule has 1 aromatic rings. The highest BCUT2D eigenvalue weighted by atomic mass is 19.4. The number of anilines is 1. The first-order valence-electron chi connectivity index (χ1n) is 6.84. The molecule has 0 aromatic carbocycles. The molecule has 2 rings (SSSR count). The van der Waals surface area contributed by atoms with E-state index in [1.54, 1.807) is 0 Å². The second-order valence-corrected chi connectivity index (χ2v) is 4.91. The molecule has 7 heteroatoms. The minimum atomic E-state index is -4.52. The molecule has 4 nitrogen and oxygen atoms in total. The standard InChI is InChI=1S/C14H16F3N3O/c15-14(16,17)12-6-5-10(9-18)13(20-12)19-7-8-21-11-3-1-2-4-11/h5-6,11H,1-4,7-8H2,(H,19,20). The monoisotopic (exact) mass is 299 g/mol. The largest absolute Gasteiger partial charge is 0.433 e. The SMILES string of the molecule is N#Cc1ccc(C(F)(F)F)nc1NCCOC1CCCC1. The minimum absolute atomic E-state index is 0.0534. The summed E-state index contributed by atoms with van der Waals surface area (Å²) in [6.45, 7) is 0.701. The number of nitrogens with one attached hydrogen (secondary N) is 1. The van der Waals surface area contributed by atoms with Crippen LogP contribution in [0, 0.1) is 11.3 Å². The molecule has 0 bridgehead atoms. The van der Waals surface area contributed by atoms with Gasteiger partial charge in [0.25, 0.3) is 0 Å². The van der Waals surface area contributed by atoms with Crippen LogP contribution in [0.15, 0.2) is 12.1 Å². The molecule has 1 saturated carbocycles. The summed E-state index contributed by atoms with van der Waals surface area (Å²) in [7, 11) is 0. The molecule has 0 spiro atoms. The Morgan fingerprint density at radius 2 is 2.05 bits per heavy atom. The highest BCUT2D eigenvalue weighted by Gasteiger charge is 2.33. The summed E-state index contributed by atoms with van der Waals surface area (Å²) in [5.74, 6) is -0.0534. The summed E-state index contributed by atoms with van der Waals surface area (Å²) < 4.78 is 43.4. The van der Waals surface area contributed by atoms with Gasteiger partial charge in [-0.3, -0.25) is 0 Å². The van der Waals surface area contributed by atoms with Crippen LogP contribution in [-0.2, 0) is 10.9 Å². The number of ether oxygens (including phenoxy) is 1. The van der Waals surface area contributed by atoms with E-state index in [0.29, 0.717) is 13.2 Å². The highest BCUT2D eigenvalue weighted by molar-refractivity contribution is 5.52. The maximum absolute atomic E-state index is 12.6. The van der Waals surface area contributed by atoms with Gasteiger partial charge in [-0.25, -0.2) is 4.98 Å². The smallest absolute Gasteiger partial charge is 0.376 e. The number of pyridine rings is 1. The second kappa shape index (κ2) is 6.76. The van der Waals surface area contributed by atoms with Crippen LogP contribution in [-0.4, -0.2) is 24.2 Å². The first-order valence-corrected chi connectivity index (χ1v) is 6.84. The zero-order chi connectivity index (χ0) is 15.3. The Kier molecular flexibility index (Phi) is 5.02. The topological polar surface area (TPSA) is 57.9 Å². The van der Waals surface area contributed by atoms with Crippen LogP contribution in [0.5, 0.6) is 0 Å². The van der Waals surface area contributed by atoms with Crippen molar-refractivity contribution in [2.75, 3.05) is 18.5 Å². The van der Waals surface area contributed by atoms with Crippen molar-refractivity contribution in [3.05, 3.63) is 23.4 Å². The van der Waals surface area contributed by atoms with E-state index >= 15 is 0 Å². The molecule has 0 unspecified atom stereocenters. The van der Waals surface area contributed by atoms with E-state index in [2.05, 4.69) is 10.3 Å². The van der Waals surface area contributed by atoms with E-state index < -0.39 is 11.9 Å². The first kappa shape index (κ1) is 15.6. The molecule has 0 amide bonds. The van der Waals surface area contributed by atoms with E-state index in [4.69, 9.17) is 10.00 Å². The van der Waals surface area contributed by atoms with Crippen molar-refractivity contribution in [3.63, 3.8) is 0 Å². The van der Waals surface area contributed by atoms with Gasteiger partial charge in [0, 0.05) is 6.54 Å². The number of rotatable bonds is 5. The van der Waals surface area contributed by atoms with E-state index in [1.165, 1.54) is 0 Å². The van der Waals surface area contributed by atoms with Gasteiger partial charge < -0.3 is 10.1 Å². The number of nitrogens with zero attached hydrogens (tertiary/aromatic N) is 2. The predicted octanol–water partition coefficient (Wildman–Crippen LogP) is 3.34. The lowest BCUT2D eigenvalue weighted by Crippen LogP contribution is -2.17. The number of aromatic nitrogens is 1. The average molecular weight is 299 g/mol. The Labute approximate surface area is 120 Å². The Hall–Kier alpha value is -1.81. The molecule has 21 heavy (non-hydrogen) atoms. The average Bonchev–Trinajstić information content (AvgIpc) is 2.95. The fourth-order valence-electron chi connectivity index (χ4n) is 2.29. The van der Waals surface area contributed by atoms with Crippen LogP contribution in [0.25, 0.3) is 0 Å². The first-order chi connectivity index (χ1) is 10.0. The zero-order valence-corrected chi connectivity index (χ0v) is 11.4. The van der Waals surface area contributed by atoms with Crippen molar-refractivity contribution >= 4 is 5.82 Å². The Bertz CT molecular complexity index is 519. The second-order valence-electron chi connectivity index (χ2n) is 4.91. The molecular formula is C14H16F3N3O. The lowest BCUT2D eigenvalue weighted by atomic mass is 10.2. The molecule has 114 valence electrons. The number of hydrogen-bond acceptors (Lipinski definition) is 4. The third-order valence-corrected chi connectivity index (χ3v) is 3.36. The van der Waals surface area contributed by atoms with Gasteiger partial charge in [-0.05, 0) is 25.0 Å². The minimum Gasteiger partial charge on any atom is -0.376 e. The van der Waals surface area contributed by atoms with E-state index in [9.17, 15) is 13.2 Å². The lowest BCUT2D eigenvalue weighted by molar-refractivity contribution is -0.141. The van der Waals surface area contributed by atoms with Crippen LogP contribution in [0.4, 0.5) is 19.0 Å². The summed E-state index contributed by atoms with van der Waals surface area (Å²) in [6.07, 6.45) is 0.107. The van der Waals surface area contributed by atoms with Gasteiger partial charge in [0.05, 0.1) is 18.3 Å². The van der Waals surface area contributed by atoms with Gasteiger partial charge in [0.15, 0.2) is 0 Å². The van der Waals surface area contributed by atoms with Crippen LogP contribution >= 0.6 is 0 Å². The van der Waals surface area contributed by atoms with Crippen LogP contribution in [0.2, 0.25) is 0 Å². The van der Waals surface area contributed by atoms with Gasteiger partial charge in [-0.1, -0.05) is 12.8 Å². The number of hydrogen-bond donors (Lipinski definition) is 1. The van der Waals surface area contributed by atoms with Crippen LogP contribution < -0.4 is 5.32 Å². The van der Waals surface area contributed by atoms with Gasteiger partial charge in [-0.2, -0.15) is 18.4 Å². The third-order valence-electron chi connectivity index (χ3n) is 3.36. The number of halogens is 3. The fourth-order valence-corrected chi connectivity index (χ4v) is 2.29. The molecular weight excluding hydrogens is 283 g/mol. The van der Waals surface area contributed by atoms with Gasteiger partial charge in [0.1, 0.15) is 17.6 Å².